The molecular weight excluding hydrogens is 564 g/mol. The van der Waals surface area contributed by atoms with Gasteiger partial charge < -0.3 is 29.6 Å². The molecule has 0 aliphatic carbocycles. The van der Waals surface area contributed by atoms with Crippen molar-refractivity contribution in [1.82, 2.24) is 20.5 Å². The molecule has 0 spiro atoms. The third-order valence-corrected chi connectivity index (χ3v) is 7.86. The molecule has 11 heteroatoms. The number of piperidine rings is 3. The van der Waals surface area contributed by atoms with E-state index in [-0.39, 0.29) is 12.6 Å². The molecule has 11 nitrogen and oxygen atoms in total. The molecule has 2 N–H and O–H groups in total. The Balaban J connectivity index is 1.68. The number of fused-ring (bicyclic) bond motifs is 4. The Morgan fingerprint density at radius 1 is 1.09 bits per heavy atom. The van der Waals surface area contributed by atoms with Gasteiger partial charge in [0.2, 0.25) is 0 Å². The van der Waals surface area contributed by atoms with Gasteiger partial charge in [-0.15, -0.1) is 6.58 Å². The number of amides is 2. The monoisotopic (exact) mass is 610 g/mol. The highest BCUT2D eigenvalue weighted by Crippen LogP contribution is 2.43. The Labute approximate surface area is 259 Å². The number of rotatable bonds is 9. The van der Waals surface area contributed by atoms with E-state index in [9.17, 15) is 14.4 Å². The smallest absolute Gasteiger partial charge is 0.408 e. The second-order valence-electron chi connectivity index (χ2n) is 13.5. The van der Waals surface area contributed by atoms with Gasteiger partial charge in [0.25, 0.3) is 0 Å². The van der Waals surface area contributed by atoms with Crippen LogP contribution in [-0.2, 0) is 19.0 Å². The number of pyridine rings is 1. The van der Waals surface area contributed by atoms with Gasteiger partial charge in [-0.05, 0) is 97.0 Å². The molecular formula is C33H46N4O7. The maximum atomic E-state index is 14.0. The van der Waals surface area contributed by atoms with Crippen LogP contribution < -0.4 is 15.4 Å². The first-order valence-corrected chi connectivity index (χ1v) is 15.1. The molecule has 3 aliphatic rings. The van der Waals surface area contributed by atoms with Crippen LogP contribution in [0.25, 0.3) is 10.9 Å². The minimum Gasteiger partial charge on any atom is -0.497 e. The average Bonchev–Trinajstić information content (AvgIpc) is 2.95. The predicted octanol–water partition coefficient (Wildman–Crippen LogP) is 5.14. The number of alkyl carbamates (subject to hydrolysis) is 2. The minimum absolute atomic E-state index is 0.119. The molecule has 2 aromatic rings. The number of methoxy groups -OCH3 is 1. The van der Waals surface area contributed by atoms with Gasteiger partial charge in [0.15, 0.2) is 0 Å². The zero-order chi connectivity index (χ0) is 32.2. The van der Waals surface area contributed by atoms with Crippen molar-refractivity contribution >= 4 is 29.1 Å². The van der Waals surface area contributed by atoms with Gasteiger partial charge in [0, 0.05) is 23.7 Å². The molecule has 3 fully saturated rings. The molecule has 0 saturated carbocycles. The van der Waals surface area contributed by atoms with Crippen LogP contribution in [0.2, 0.25) is 0 Å². The Kier molecular flexibility index (Phi) is 10.1. The average molecular weight is 611 g/mol. The molecule has 1 unspecified atom stereocenters. The van der Waals surface area contributed by atoms with Crippen molar-refractivity contribution in [2.75, 3.05) is 26.7 Å². The molecule has 240 valence electrons. The van der Waals surface area contributed by atoms with E-state index in [2.05, 4.69) is 27.1 Å². The van der Waals surface area contributed by atoms with E-state index in [1.54, 1.807) is 54.8 Å². The molecule has 2 amide bonds. The van der Waals surface area contributed by atoms with Crippen molar-refractivity contribution in [3.8, 4) is 5.75 Å². The molecule has 3 aliphatic heterocycles. The number of nitrogens with one attached hydrogen (secondary N) is 2. The summed E-state index contributed by atoms with van der Waals surface area (Å²) in [6.45, 7) is 15.8. The molecule has 3 saturated heterocycles. The molecule has 0 radical (unpaired) electrons. The maximum absolute atomic E-state index is 14.0. The van der Waals surface area contributed by atoms with Crippen LogP contribution in [0.3, 0.4) is 0 Å². The van der Waals surface area contributed by atoms with Gasteiger partial charge in [0.05, 0.1) is 25.2 Å². The number of hydrogen-bond donors (Lipinski definition) is 2. The number of esters is 1. The molecule has 4 heterocycles. The number of benzene rings is 1. The fourth-order valence-corrected chi connectivity index (χ4v) is 5.91. The first-order valence-electron chi connectivity index (χ1n) is 15.1. The quantitative estimate of drug-likeness (QED) is 0.225. The highest BCUT2D eigenvalue weighted by Gasteiger charge is 2.45. The Bertz CT molecular complexity index is 1370. The zero-order valence-corrected chi connectivity index (χ0v) is 26.8. The van der Waals surface area contributed by atoms with E-state index < -0.39 is 41.5 Å². The number of hydrogen-bond acceptors (Lipinski definition) is 9. The summed E-state index contributed by atoms with van der Waals surface area (Å²) in [5.74, 6) is 0.717. The summed E-state index contributed by atoms with van der Waals surface area (Å²) in [5.41, 5.74) is -0.0265. The summed E-state index contributed by atoms with van der Waals surface area (Å²) in [4.78, 5) is 46.2. The van der Waals surface area contributed by atoms with E-state index in [0.29, 0.717) is 17.6 Å². The van der Waals surface area contributed by atoms with Crippen LogP contribution in [0.1, 0.15) is 66.1 Å². The Morgan fingerprint density at radius 3 is 2.41 bits per heavy atom. The standard InChI is InChI=1S/C33H46N4O7/c1-9-20-19-37-15-13-21(20)16-27(37)28(23-12-14-34-25-11-10-22(41-8)17-24(23)25)42-29(38)26(36-31(40)44-33(5,6)7)18-35-30(39)43-32(2,3)4/h9-12,14,17,20-21,26-28H,1,13,15-16,18-19H2,2-8H3,(H,35,39)(H,36,40)/t20-,21-,26+,27-,28+/m0/s1. The van der Waals surface area contributed by atoms with E-state index >= 15 is 0 Å². The number of nitrogens with zero attached hydrogens (tertiary/aromatic N) is 2. The summed E-state index contributed by atoms with van der Waals surface area (Å²) >= 11 is 0. The first-order chi connectivity index (χ1) is 20.7. The topological polar surface area (TPSA) is 128 Å². The van der Waals surface area contributed by atoms with E-state index in [4.69, 9.17) is 18.9 Å². The SMILES string of the molecule is C=C[C@H]1CN2CC[C@H]1C[C@H]2[C@H](OC(=O)[C@@H](CNC(=O)OC(C)(C)C)NC(=O)OC(C)(C)C)c1ccnc2ccc(OC)cc12. The largest absolute Gasteiger partial charge is 0.497 e. The number of carbonyl (C=O) groups is 3. The Morgan fingerprint density at radius 2 is 1.80 bits per heavy atom. The normalized spacial score (nSPS) is 22.8. The second kappa shape index (κ2) is 13.4. The van der Waals surface area contributed by atoms with Crippen LogP contribution in [0.5, 0.6) is 5.75 Å². The van der Waals surface area contributed by atoms with Crippen molar-refractivity contribution in [3.05, 3.63) is 48.7 Å². The van der Waals surface area contributed by atoms with E-state index in [1.807, 2.05) is 30.3 Å². The first kappa shape index (κ1) is 33.0. The lowest BCUT2D eigenvalue weighted by atomic mass is 9.73. The molecule has 44 heavy (non-hydrogen) atoms. The van der Waals surface area contributed by atoms with Crippen LogP contribution in [0, 0.1) is 11.8 Å². The van der Waals surface area contributed by atoms with E-state index in [0.717, 1.165) is 42.4 Å². The molecule has 5 rings (SSSR count). The van der Waals surface area contributed by atoms with Gasteiger partial charge in [-0.25, -0.2) is 14.4 Å². The van der Waals surface area contributed by atoms with Crippen LogP contribution in [0.15, 0.2) is 43.1 Å². The molecule has 6 atom stereocenters. The molecule has 1 aromatic carbocycles. The van der Waals surface area contributed by atoms with Gasteiger partial charge in [-0.3, -0.25) is 9.88 Å². The van der Waals surface area contributed by atoms with Crippen LogP contribution >= 0.6 is 0 Å². The van der Waals surface area contributed by atoms with Crippen molar-refractivity contribution < 1.29 is 33.3 Å². The lowest BCUT2D eigenvalue weighted by molar-refractivity contribution is -0.159. The van der Waals surface area contributed by atoms with Gasteiger partial charge in [-0.1, -0.05) is 6.08 Å². The van der Waals surface area contributed by atoms with Crippen molar-refractivity contribution in [2.45, 2.75) is 83.8 Å². The lowest BCUT2D eigenvalue weighted by Crippen LogP contribution is -2.56. The summed E-state index contributed by atoms with van der Waals surface area (Å²) in [6.07, 6.45) is 3.34. The Hall–Kier alpha value is -3.86. The molecule has 1 aromatic heterocycles. The summed E-state index contributed by atoms with van der Waals surface area (Å²) in [5, 5.41) is 5.98. The van der Waals surface area contributed by atoms with Crippen molar-refractivity contribution in [3.63, 3.8) is 0 Å². The van der Waals surface area contributed by atoms with Crippen LogP contribution in [0.4, 0.5) is 9.59 Å². The fourth-order valence-electron chi connectivity index (χ4n) is 5.91. The zero-order valence-electron chi connectivity index (χ0n) is 26.8. The summed E-state index contributed by atoms with van der Waals surface area (Å²) < 4.78 is 22.6. The third kappa shape index (κ3) is 8.40. The number of carbonyl (C=O) groups excluding carboxylic acids is 3. The minimum atomic E-state index is -1.25. The predicted molar refractivity (Wildman–Crippen MR) is 166 cm³/mol. The van der Waals surface area contributed by atoms with Crippen LogP contribution in [-0.4, -0.2) is 78.1 Å². The number of ether oxygens (including phenoxy) is 4. The lowest BCUT2D eigenvalue weighted by Gasteiger charge is -2.51. The van der Waals surface area contributed by atoms with Gasteiger partial charge >= 0.3 is 18.2 Å². The fraction of sp³-hybridized carbons (Fsp3) is 0.576. The van der Waals surface area contributed by atoms with Crippen molar-refractivity contribution in [1.29, 1.82) is 0 Å². The number of aromatic nitrogens is 1. The molecule has 2 bridgehead atoms. The second-order valence-corrected chi connectivity index (χ2v) is 13.5. The highest BCUT2D eigenvalue weighted by atomic mass is 16.6. The maximum Gasteiger partial charge on any atom is 0.408 e. The summed E-state index contributed by atoms with van der Waals surface area (Å²) in [7, 11) is 1.60. The summed E-state index contributed by atoms with van der Waals surface area (Å²) in [6, 6.07) is 6.09. The van der Waals surface area contributed by atoms with Crippen molar-refractivity contribution in [2.24, 2.45) is 11.8 Å². The highest BCUT2D eigenvalue weighted by molar-refractivity contribution is 5.86. The van der Waals surface area contributed by atoms with Gasteiger partial charge in [-0.2, -0.15) is 0 Å². The van der Waals surface area contributed by atoms with Gasteiger partial charge in [0.1, 0.15) is 29.1 Å². The van der Waals surface area contributed by atoms with E-state index in [1.165, 1.54) is 0 Å². The third-order valence-electron chi connectivity index (χ3n) is 7.86.